The molecule has 9 heteroatoms. The van der Waals surface area contributed by atoms with E-state index < -0.39 is 10.0 Å². The predicted octanol–water partition coefficient (Wildman–Crippen LogP) is 0.159. The number of nitrogens with one attached hydrogen (secondary N) is 2. The molecule has 116 valence electrons. The molecule has 0 saturated heterocycles. The van der Waals surface area contributed by atoms with Crippen LogP contribution in [0.4, 0.5) is 0 Å². The first-order chi connectivity index (χ1) is 10.0. The number of rotatable bonds is 8. The Kier molecular flexibility index (Phi) is 5.45. The van der Waals surface area contributed by atoms with E-state index in [4.69, 9.17) is 0 Å². The molecule has 0 unspecified atom stereocenters. The Morgan fingerprint density at radius 3 is 2.76 bits per heavy atom. The minimum Gasteiger partial charge on any atom is -0.319 e. The standard InChI is InChI=1S/C12H19N5O2S2/c1-13-7-5-10-3-4-12(20-10)21(18,19)15-8-6-11-14-9-17(2)16-11/h3-4,9,13,15H,5-8H2,1-2H3. The second-order valence-electron chi connectivity index (χ2n) is 4.56. The first kappa shape index (κ1) is 16.1. The highest BCUT2D eigenvalue weighted by Crippen LogP contribution is 2.21. The monoisotopic (exact) mass is 329 g/mol. The molecule has 0 aliphatic heterocycles. The summed E-state index contributed by atoms with van der Waals surface area (Å²) in [4.78, 5) is 5.11. The molecular weight excluding hydrogens is 310 g/mol. The van der Waals surface area contributed by atoms with Gasteiger partial charge in [-0.25, -0.2) is 18.1 Å². The zero-order valence-corrected chi connectivity index (χ0v) is 13.7. The summed E-state index contributed by atoms with van der Waals surface area (Å²) in [5.74, 6) is 0.626. The van der Waals surface area contributed by atoms with E-state index in [1.807, 2.05) is 13.1 Å². The normalized spacial score (nSPS) is 11.9. The van der Waals surface area contributed by atoms with Gasteiger partial charge < -0.3 is 5.32 Å². The van der Waals surface area contributed by atoms with Gasteiger partial charge in [-0.2, -0.15) is 5.10 Å². The lowest BCUT2D eigenvalue weighted by atomic mass is 10.3. The summed E-state index contributed by atoms with van der Waals surface area (Å²) in [6.07, 6.45) is 2.89. The molecule has 7 nitrogen and oxygen atoms in total. The van der Waals surface area contributed by atoms with Crippen LogP contribution in [0.2, 0.25) is 0 Å². The quantitative estimate of drug-likeness (QED) is 0.720. The van der Waals surface area contributed by atoms with Crippen molar-refractivity contribution in [1.82, 2.24) is 24.8 Å². The van der Waals surface area contributed by atoms with E-state index in [1.54, 1.807) is 24.1 Å². The molecule has 2 aromatic heterocycles. The lowest BCUT2D eigenvalue weighted by Crippen LogP contribution is -2.25. The van der Waals surface area contributed by atoms with Gasteiger partial charge >= 0.3 is 0 Å². The number of nitrogens with zero attached hydrogens (tertiary/aromatic N) is 3. The molecule has 0 aliphatic carbocycles. The van der Waals surface area contributed by atoms with Gasteiger partial charge in [0.2, 0.25) is 10.0 Å². The Bertz CT molecular complexity index is 677. The second kappa shape index (κ2) is 7.12. The largest absolute Gasteiger partial charge is 0.319 e. The van der Waals surface area contributed by atoms with Crippen molar-refractivity contribution in [1.29, 1.82) is 0 Å². The zero-order chi connectivity index (χ0) is 15.3. The highest BCUT2D eigenvalue weighted by molar-refractivity contribution is 7.91. The Labute approximate surface area is 128 Å². The van der Waals surface area contributed by atoms with E-state index in [9.17, 15) is 8.42 Å². The van der Waals surface area contributed by atoms with Gasteiger partial charge in [-0.15, -0.1) is 11.3 Å². The first-order valence-corrected chi connectivity index (χ1v) is 8.89. The molecule has 0 fully saturated rings. The summed E-state index contributed by atoms with van der Waals surface area (Å²) in [7, 11) is 0.208. The molecule has 2 aromatic rings. The van der Waals surface area contributed by atoms with Gasteiger partial charge in [-0.05, 0) is 32.1 Å². The van der Waals surface area contributed by atoms with Gasteiger partial charge in [0.15, 0.2) is 5.82 Å². The van der Waals surface area contributed by atoms with Gasteiger partial charge in [0, 0.05) is 24.9 Å². The average molecular weight is 329 g/mol. The van der Waals surface area contributed by atoms with Crippen LogP contribution in [0, 0.1) is 0 Å². The fourth-order valence-corrected chi connectivity index (χ4v) is 4.18. The smallest absolute Gasteiger partial charge is 0.250 e. The number of hydrogen-bond acceptors (Lipinski definition) is 6. The third-order valence-electron chi connectivity index (χ3n) is 2.81. The van der Waals surface area contributed by atoms with Crippen molar-refractivity contribution in [2.75, 3.05) is 20.1 Å². The lowest BCUT2D eigenvalue weighted by Gasteiger charge is -2.02. The molecule has 0 radical (unpaired) electrons. The molecule has 0 saturated carbocycles. The van der Waals surface area contributed by atoms with Crippen LogP contribution in [-0.4, -0.2) is 43.3 Å². The van der Waals surface area contributed by atoms with E-state index in [0.717, 1.165) is 17.8 Å². The minimum absolute atomic E-state index is 0.288. The van der Waals surface area contributed by atoms with Crippen molar-refractivity contribution in [2.24, 2.45) is 7.05 Å². The van der Waals surface area contributed by atoms with Crippen LogP contribution < -0.4 is 10.0 Å². The molecule has 2 heterocycles. The van der Waals surface area contributed by atoms with Crippen molar-refractivity contribution in [3.05, 3.63) is 29.2 Å². The number of likely N-dealkylation sites (N-methyl/N-ethyl adjacent to an activating group) is 1. The van der Waals surface area contributed by atoms with Crippen LogP contribution in [0.3, 0.4) is 0 Å². The maximum Gasteiger partial charge on any atom is 0.250 e. The third kappa shape index (κ3) is 4.60. The summed E-state index contributed by atoms with van der Waals surface area (Å²) in [6, 6.07) is 3.51. The van der Waals surface area contributed by atoms with E-state index in [1.165, 1.54) is 11.3 Å². The Morgan fingerprint density at radius 1 is 1.29 bits per heavy atom. The molecule has 0 spiro atoms. The van der Waals surface area contributed by atoms with Gasteiger partial charge in [0.05, 0.1) is 0 Å². The Morgan fingerprint density at radius 2 is 2.10 bits per heavy atom. The van der Waals surface area contributed by atoms with Crippen molar-refractivity contribution in [3.63, 3.8) is 0 Å². The minimum atomic E-state index is -3.44. The van der Waals surface area contributed by atoms with Gasteiger partial charge in [0.1, 0.15) is 10.5 Å². The van der Waals surface area contributed by atoms with Crippen molar-refractivity contribution >= 4 is 21.4 Å². The van der Waals surface area contributed by atoms with Crippen LogP contribution in [0.1, 0.15) is 10.7 Å². The molecule has 2 N–H and O–H groups in total. The lowest BCUT2D eigenvalue weighted by molar-refractivity contribution is 0.582. The molecular formula is C12H19N5O2S2. The number of aryl methyl sites for hydroxylation is 1. The molecule has 0 aromatic carbocycles. The fraction of sp³-hybridized carbons (Fsp3) is 0.500. The topological polar surface area (TPSA) is 88.9 Å². The number of hydrogen-bond donors (Lipinski definition) is 2. The summed E-state index contributed by atoms with van der Waals surface area (Å²) in [5, 5.41) is 7.15. The van der Waals surface area contributed by atoms with Crippen molar-refractivity contribution in [2.45, 2.75) is 17.1 Å². The third-order valence-corrected chi connectivity index (χ3v) is 5.91. The number of aromatic nitrogens is 3. The molecule has 0 amide bonds. The predicted molar refractivity (Wildman–Crippen MR) is 81.8 cm³/mol. The second-order valence-corrected chi connectivity index (χ2v) is 7.72. The highest BCUT2D eigenvalue weighted by Gasteiger charge is 2.16. The van der Waals surface area contributed by atoms with Crippen LogP contribution in [0.5, 0.6) is 0 Å². The Hall–Kier alpha value is -1.29. The Balaban J connectivity index is 1.90. The van der Waals surface area contributed by atoms with E-state index >= 15 is 0 Å². The maximum absolute atomic E-state index is 12.2. The fourth-order valence-electron chi connectivity index (χ4n) is 1.75. The van der Waals surface area contributed by atoms with Crippen molar-refractivity contribution < 1.29 is 8.42 Å². The molecule has 0 aliphatic rings. The average Bonchev–Trinajstić information content (AvgIpc) is 3.06. The van der Waals surface area contributed by atoms with Crippen LogP contribution in [-0.2, 0) is 29.9 Å². The number of thiophene rings is 1. The van der Waals surface area contributed by atoms with E-state index in [2.05, 4.69) is 20.1 Å². The maximum atomic E-state index is 12.2. The molecule has 0 atom stereocenters. The summed E-state index contributed by atoms with van der Waals surface area (Å²) in [5.41, 5.74) is 0. The summed E-state index contributed by atoms with van der Waals surface area (Å²) < 4.78 is 28.8. The van der Waals surface area contributed by atoms with E-state index in [0.29, 0.717) is 16.5 Å². The van der Waals surface area contributed by atoms with Crippen LogP contribution >= 0.6 is 11.3 Å². The first-order valence-electron chi connectivity index (χ1n) is 6.59. The number of sulfonamides is 1. The van der Waals surface area contributed by atoms with Gasteiger partial charge in [0.25, 0.3) is 0 Å². The van der Waals surface area contributed by atoms with Crippen LogP contribution in [0.25, 0.3) is 0 Å². The van der Waals surface area contributed by atoms with Crippen LogP contribution in [0.15, 0.2) is 22.7 Å². The van der Waals surface area contributed by atoms with Gasteiger partial charge in [-0.3, -0.25) is 4.68 Å². The summed E-state index contributed by atoms with van der Waals surface area (Å²) in [6.45, 7) is 1.12. The zero-order valence-electron chi connectivity index (χ0n) is 12.0. The van der Waals surface area contributed by atoms with E-state index in [-0.39, 0.29) is 6.54 Å². The van der Waals surface area contributed by atoms with Crippen molar-refractivity contribution in [3.8, 4) is 0 Å². The molecule has 2 rings (SSSR count). The molecule has 21 heavy (non-hydrogen) atoms. The van der Waals surface area contributed by atoms with Gasteiger partial charge in [-0.1, -0.05) is 0 Å². The SMILES string of the molecule is CNCCc1ccc(S(=O)(=O)NCCc2ncn(C)n2)s1. The molecule has 0 bridgehead atoms. The summed E-state index contributed by atoms with van der Waals surface area (Å²) >= 11 is 1.30. The highest BCUT2D eigenvalue weighted by atomic mass is 32.2.